The van der Waals surface area contributed by atoms with Gasteiger partial charge in [-0.15, -0.1) is 0 Å². The standard InChI is InChI=1S/C18H25NO3S/c1-13(20)14-7-10-18(11-8-14)23(21,22)19-17-9-6-15-4-2-3-5-16(15)12-17/h7-8,10-11,15-17,19H,2-6,9,12H2,1H3. The molecular weight excluding hydrogens is 310 g/mol. The molecule has 0 spiro atoms. The summed E-state index contributed by atoms with van der Waals surface area (Å²) in [6.45, 7) is 1.48. The van der Waals surface area contributed by atoms with Gasteiger partial charge in [0.1, 0.15) is 0 Å². The Morgan fingerprint density at radius 2 is 1.65 bits per heavy atom. The number of hydrogen-bond acceptors (Lipinski definition) is 3. The first-order chi connectivity index (χ1) is 11.0. The maximum Gasteiger partial charge on any atom is 0.240 e. The predicted molar refractivity (Wildman–Crippen MR) is 89.9 cm³/mol. The Hall–Kier alpha value is -1.20. The van der Waals surface area contributed by atoms with Crippen molar-refractivity contribution >= 4 is 15.8 Å². The van der Waals surface area contributed by atoms with Crippen LogP contribution in [0.2, 0.25) is 0 Å². The molecule has 3 atom stereocenters. The highest BCUT2D eigenvalue weighted by molar-refractivity contribution is 7.89. The molecule has 5 heteroatoms. The average molecular weight is 335 g/mol. The number of benzene rings is 1. The summed E-state index contributed by atoms with van der Waals surface area (Å²) in [5.41, 5.74) is 0.534. The highest BCUT2D eigenvalue weighted by Crippen LogP contribution is 2.40. The van der Waals surface area contributed by atoms with Gasteiger partial charge in [-0.1, -0.05) is 37.8 Å². The van der Waals surface area contributed by atoms with Crippen LogP contribution in [0.3, 0.4) is 0 Å². The first-order valence-corrected chi connectivity index (χ1v) is 10.1. The molecule has 0 amide bonds. The van der Waals surface area contributed by atoms with Crippen molar-refractivity contribution in [2.75, 3.05) is 0 Å². The number of carbonyl (C=O) groups is 1. The first-order valence-electron chi connectivity index (χ1n) is 8.59. The summed E-state index contributed by atoms with van der Waals surface area (Å²) < 4.78 is 28.0. The van der Waals surface area contributed by atoms with E-state index < -0.39 is 10.0 Å². The number of fused-ring (bicyclic) bond motifs is 1. The molecule has 1 aromatic carbocycles. The molecule has 2 aliphatic rings. The van der Waals surface area contributed by atoms with Crippen molar-refractivity contribution in [3.63, 3.8) is 0 Å². The molecule has 0 bridgehead atoms. The Balaban J connectivity index is 1.67. The summed E-state index contributed by atoms with van der Waals surface area (Å²) in [6.07, 6.45) is 8.22. The van der Waals surface area contributed by atoms with Crippen LogP contribution in [0.15, 0.2) is 29.2 Å². The molecule has 126 valence electrons. The van der Waals surface area contributed by atoms with E-state index in [-0.39, 0.29) is 16.7 Å². The zero-order valence-electron chi connectivity index (χ0n) is 13.6. The van der Waals surface area contributed by atoms with Crippen LogP contribution < -0.4 is 4.72 Å². The molecule has 2 saturated carbocycles. The van der Waals surface area contributed by atoms with Gasteiger partial charge in [0.15, 0.2) is 5.78 Å². The van der Waals surface area contributed by atoms with E-state index >= 15 is 0 Å². The molecule has 1 aromatic rings. The molecule has 4 nitrogen and oxygen atoms in total. The van der Waals surface area contributed by atoms with Gasteiger partial charge in [-0.25, -0.2) is 13.1 Å². The van der Waals surface area contributed by atoms with E-state index in [1.807, 2.05) is 0 Å². The summed E-state index contributed by atoms with van der Waals surface area (Å²) in [5, 5.41) is 0. The molecule has 0 saturated heterocycles. The van der Waals surface area contributed by atoms with Crippen LogP contribution in [0.1, 0.15) is 62.2 Å². The van der Waals surface area contributed by atoms with E-state index in [0.717, 1.165) is 25.2 Å². The number of carbonyl (C=O) groups excluding carboxylic acids is 1. The fraction of sp³-hybridized carbons (Fsp3) is 0.611. The molecule has 3 rings (SSSR count). The second-order valence-electron chi connectivity index (χ2n) is 7.02. The number of sulfonamides is 1. The highest BCUT2D eigenvalue weighted by atomic mass is 32.2. The Bertz CT molecular complexity index is 666. The molecule has 2 fully saturated rings. The van der Waals surface area contributed by atoms with E-state index in [1.165, 1.54) is 44.7 Å². The molecule has 2 aliphatic carbocycles. The molecule has 1 N–H and O–H groups in total. The largest absolute Gasteiger partial charge is 0.295 e. The molecule has 0 heterocycles. The highest BCUT2D eigenvalue weighted by Gasteiger charge is 2.33. The van der Waals surface area contributed by atoms with E-state index in [4.69, 9.17) is 0 Å². The van der Waals surface area contributed by atoms with Gasteiger partial charge in [-0.3, -0.25) is 4.79 Å². The Kier molecular flexibility index (Phi) is 4.87. The molecule has 0 radical (unpaired) electrons. The minimum absolute atomic E-state index is 0.0480. The fourth-order valence-electron chi connectivity index (χ4n) is 4.14. The monoisotopic (exact) mass is 335 g/mol. The lowest BCUT2D eigenvalue weighted by atomic mass is 9.70. The summed E-state index contributed by atoms with van der Waals surface area (Å²) in [7, 11) is -3.50. The maximum absolute atomic E-state index is 12.5. The number of rotatable bonds is 4. The molecule has 0 aliphatic heterocycles. The number of ketones is 1. The van der Waals surface area contributed by atoms with Gasteiger partial charge >= 0.3 is 0 Å². The van der Waals surface area contributed by atoms with E-state index in [0.29, 0.717) is 11.5 Å². The van der Waals surface area contributed by atoms with Gasteiger partial charge in [0.25, 0.3) is 0 Å². The van der Waals surface area contributed by atoms with E-state index in [1.54, 1.807) is 12.1 Å². The van der Waals surface area contributed by atoms with Crippen LogP contribution in [-0.2, 0) is 10.0 Å². The first kappa shape index (κ1) is 16.7. The van der Waals surface area contributed by atoms with Crippen molar-refractivity contribution in [3.8, 4) is 0 Å². The summed E-state index contributed by atoms with van der Waals surface area (Å²) in [5.74, 6) is 1.43. The van der Waals surface area contributed by atoms with Gasteiger partial charge in [-0.2, -0.15) is 0 Å². The summed E-state index contributed by atoms with van der Waals surface area (Å²) >= 11 is 0. The second-order valence-corrected chi connectivity index (χ2v) is 8.73. The fourth-order valence-corrected chi connectivity index (χ4v) is 5.42. The van der Waals surface area contributed by atoms with Crippen LogP contribution in [0, 0.1) is 11.8 Å². The third-order valence-electron chi connectivity index (χ3n) is 5.43. The smallest absolute Gasteiger partial charge is 0.240 e. The SMILES string of the molecule is CC(=O)c1ccc(S(=O)(=O)NC2CCC3CCCCC3C2)cc1. The van der Waals surface area contributed by atoms with Crippen molar-refractivity contribution in [1.29, 1.82) is 0 Å². The second kappa shape index (κ2) is 6.73. The quantitative estimate of drug-likeness (QED) is 0.856. The third kappa shape index (κ3) is 3.83. The zero-order valence-corrected chi connectivity index (χ0v) is 14.4. The Morgan fingerprint density at radius 1 is 1.00 bits per heavy atom. The Morgan fingerprint density at radius 3 is 2.30 bits per heavy atom. The van der Waals surface area contributed by atoms with Crippen LogP contribution in [-0.4, -0.2) is 20.2 Å². The van der Waals surface area contributed by atoms with Crippen molar-refractivity contribution < 1.29 is 13.2 Å². The summed E-state index contributed by atoms with van der Waals surface area (Å²) in [4.78, 5) is 11.5. The lowest BCUT2D eigenvalue weighted by Gasteiger charge is -2.39. The normalized spacial score (nSPS) is 28.1. The van der Waals surface area contributed by atoms with Gasteiger partial charge in [0.05, 0.1) is 4.90 Å². The molecule has 0 aromatic heterocycles. The van der Waals surface area contributed by atoms with Crippen LogP contribution in [0.5, 0.6) is 0 Å². The van der Waals surface area contributed by atoms with Gasteiger partial charge in [-0.05, 0) is 50.2 Å². The number of nitrogens with one attached hydrogen (secondary N) is 1. The lowest BCUT2D eigenvalue weighted by molar-refractivity contribution is 0.101. The van der Waals surface area contributed by atoms with Crippen LogP contribution in [0.4, 0.5) is 0 Å². The van der Waals surface area contributed by atoms with E-state index in [9.17, 15) is 13.2 Å². The lowest BCUT2D eigenvalue weighted by Crippen LogP contribution is -2.41. The minimum atomic E-state index is -3.50. The van der Waals surface area contributed by atoms with Crippen molar-refractivity contribution in [3.05, 3.63) is 29.8 Å². The number of hydrogen-bond donors (Lipinski definition) is 1. The third-order valence-corrected chi connectivity index (χ3v) is 6.97. The molecule has 3 unspecified atom stereocenters. The topological polar surface area (TPSA) is 63.2 Å². The van der Waals surface area contributed by atoms with Crippen LogP contribution >= 0.6 is 0 Å². The van der Waals surface area contributed by atoms with Gasteiger partial charge in [0, 0.05) is 11.6 Å². The van der Waals surface area contributed by atoms with E-state index in [2.05, 4.69) is 4.72 Å². The van der Waals surface area contributed by atoms with Crippen molar-refractivity contribution in [2.45, 2.75) is 62.8 Å². The van der Waals surface area contributed by atoms with Gasteiger partial charge < -0.3 is 0 Å². The summed E-state index contributed by atoms with van der Waals surface area (Å²) in [6, 6.07) is 6.24. The Labute approximate surface area is 138 Å². The molecular formula is C18H25NO3S. The maximum atomic E-state index is 12.5. The number of Topliss-reactive ketones (excluding diaryl/α,β-unsaturated/α-hetero) is 1. The predicted octanol–water partition coefficient (Wildman–Crippen LogP) is 3.53. The van der Waals surface area contributed by atoms with Crippen LogP contribution in [0.25, 0.3) is 0 Å². The molecule has 23 heavy (non-hydrogen) atoms. The zero-order chi connectivity index (χ0) is 16.4. The average Bonchev–Trinajstić information content (AvgIpc) is 2.54. The van der Waals surface area contributed by atoms with Crippen molar-refractivity contribution in [1.82, 2.24) is 4.72 Å². The minimum Gasteiger partial charge on any atom is -0.295 e. The van der Waals surface area contributed by atoms with Gasteiger partial charge in [0.2, 0.25) is 10.0 Å². The van der Waals surface area contributed by atoms with Crippen molar-refractivity contribution in [2.24, 2.45) is 11.8 Å².